The van der Waals surface area contributed by atoms with Gasteiger partial charge in [-0.2, -0.15) is 0 Å². The Labute approximate surface area is 134 Å². The average molecular weight is 352 g/mol. The molecule has 0 fully saturated rings. The molecule has 0 radical (unpaired) electrons. The summed E-state index contributed by atoms with van der Waals surface area (Å²) in [5.74, 6) is 0. The van der Waals surface area contributed by atoms with E-state index in [0.29, 0.717) is 6.04 Å². The molecule has 2 rings (SSSR count). The molecule has 1 nitrogen and oxygen atoms in total. The fraction of sp³-hybridized carbons (Fsp3) is 0.412. The third-order valence-corrected chi connectivity index (χ3v) is 5.85. The normalized spacial score (nSPS) is 12.7. The van der Waals surface area contributed by atoms with Crippen LogP contribution in [-0.4, -0.2) is 6.54 Å². The Bertz CT molecular complexity index is 569. The van der Waals surface area contributed by atoms with E-state index in [1.807, 2.05) is 11.3 Å². The number of nitrogens with one attached hydrogen (secondary N) is 1. The van der Waals surface area contributed by atoms with E-state index in [1.165, 1.54) is 30.9 Å². The van der Waals surface area contributed by atoms with Crippen molar-refractivity contribution in [1.29, 1.82) is 0 Å². The maximum atomic E-state index is 3.64. The topological polar surface area (TPSA) is 12.0 Å². The molecule has 1 unspecified atom stereocenters. The molecule has 108 valence electrons. The number of thiophene rings is 1. The Hall–Kier alpha value is -0.640. The summed E-state index contributed by atoms with van der Waals surface area (Å²) in [6.07, 6.45) is 1.05. The van der Waals surface area contributed by atoms with Crippen LogP contribution in [0.15, 0.2) is 28.1 Å². The number of rotatable bonds is 5. The van der Waals surface area contributed by atoms with E-state index in [-0.39, 0.29) is 0 Å². The molecule has 0 saturated carbocycles. The molecule has 0 saturated heterocycles. The maximum Gasteiger partial charge on any atom is 0.0731 e. The highest BCUT2D eigenvalue weighted by Crippen LogP contribution is 2.33. The fourth-order valence-electron chi connectivity index (χ4n) is 2.42. The minimum absolute atomic E-state index is 0.399. The lowest BCUT2D eigenvalue weighted by molar-refractivity contribution is 0.557. The third-order valence-electron chi connectivity index (χ3n) is 3.60. The zero-order chi connectivity index (χ0) is 14.7. The van der Waals surface area contributed by atoms with Crippen molar-refractivity contribution in [2.75, 3.05) is 6.54 Å². The predicted molar refractivity (Wildman–Crippen MR) is 92.8 cm³/mol. The fourth-order valence-corrected chi connectivity index (χ4v) is 4.06. The van der Waals surface area contributed by atoms with Crippen LogP contribution in [0.4, 0.5) is 0 Å². The number of likely N-dealkylation sites (N-methyl/N-ethyl adjacent to an activating group) is 1. The molecule has 1 aromatic heterocycles. The van der Waals surface area contributed by atoms with Crippen LogP contribution < -0.4 is 5.32 Å². The van der Waals surface area contributed by atoms with Gasteiger partial charge < -0.3 is 5.32 Å². The monoisotopic (exact) mass is 351 g/mol. The molecule has 20 heavy (non-hydrogen) atoms. The van der Waals surface area contributed by atoms with E-state index in [0.717, 1.165) is 13.0 Å². The first-order chi connectivity index (χ1) is 9.51. The van der Waals surface area contributed by atoms with Crippen molar-refractivity contribution in [1.82, 2.24) is 5.32 Å². The second kappa shape index (κ2) is 6.88. The molecule has 1 N–H and O–H groups in total. The van der Waals surface area contributed by atoms with Crippen molar-refractivity contribution >= 4 is 27.3 Å². The molecule has 0 aliphatic carbocycles. The highest BCUT2D eigenvalue weighted by Gasteiger charge is 2.16. The smallest absolute Gasteiger partial charge is 0.0731 e. The Balaban J connectivity index is 2.27. The molecular weight excluding hydrogens is 330 g/mol. The zero-order valence-electron chi connectivity index (χ0n) is 12.6. The molecule has 0 amide bonds. The first-order valence-corrected chi connectivity index (χ1v) is 8.67. The first-order valence-electron chi connectivity index (χ1n) is 7.06. The van der Waals surface area contributed by atoms with Gasteiger partial charge in [-0.3, -0.25) is 0 Å². The predicted octanol–water partition coefficient (Wildman–Crippen LogP) is 5.33. The Morgan fingerprint density at radius 1 is 1.15 bits per heavy atom. The van der Waals surface area contributed by atoms with Gasteiger partial charge in [0.2, 0.25) is 0 Å². The summed E-state index contributed by atoms with van der Waals surface area (Å²) >= 11 is 5.48. The van der Waals surface area contributed by atoms with Gasteiger partial charge in [-0.05, 0) is 72.4 Å². The van der Waals surface area contributed by atoms with Gasteiger partial charge in [0.15, 0.2) is 0 Å². The molecule has 0 spiro atoms. The van der Waals surface area contributed by atoms with Crippen LogP contribution >= 0.6 is 27.3 Å². The van der Waals surface area contributed by atoms with Gasteiger partial charge in [-0.25, -0.2) is 0 Å². The van der Waals surface area contributed by atoms with Crippen LogP contribution in [0.3, 0.4) is 0 Å². The maximum absolute atomic E-state index is 3.64. The van der Waals surface area contributed by atoms with Crippen LogP contribution in [0.2, 0.25) is 0 Å². The standard InChI is InChI=1S/C17H22BrNS/c1-5-19-15(16-9-13(4)17(18)20-16)10-14-8-11(2)6-7-12(14)3/h6-9,15,19H,5,10H2,1-4H3. The van der Waals surface area contributed by atoms with Gasteiger partial charge >= 0.3 is 0 Å². The molecule has 1 aromatic carbocycles. The summed E-state index contributed by atoms with van der Waals surface area (Å²) in [4.78, 5) is 1.41. The van der Waals surface area contributed by atoms with Gasteiger partial charge in [-0.15, -0.1) is 11.3 Å². The molecule has 1 heterocycles. The highest BCUT2D eigenvalue weighted by atomic mass is 79.9. The quantitative estimate of drug-likeness (QED) is 0.767. The molecule has 2 aromatic rings. The van der Waals surface area contributed by atoms with Crippen LogP contribution in [0.25, 0.3) is 0 Å². The third kappa shape index (κ3) is 3.72. The Morgan fingerprint density at radius 2 is 1.90 bits per heavy atom. The lowest BCUT2D eigenvalue weighted by Crippen LogP contribution is -2.22. The van der Waals surface area contributed by atoms with Gasteiger partial charge in [0.1, 0.15) is 0 Å². The van der Waals surface area contributed by atoms with Gasteiger partial charge in [0.25, 0.3) is 0 Å². The zero-order valence-corrected chi connectivity index (χ0v) is 15.0. The summed E-state index contributed by atoms with van der Waals surface area (Å²) < 4.78 is 1.25. The summed E-state index contributed by atoms with van der Waals surface area (Å²) in [5, 5.41) is 3.62. The Kier molecular flexibility index (Phi) is 5.42. The van der Waals surface area contributed by atoms with Crippen LogP contribution in [0.5, 0.6) is 0 Å². The number of halogens is 1. The highest BCUT2D eigenvalue weighted by molar-refractivity contribution is 9.11. The van der Waals surface area contributed by atoms with E-state index >= 15 is 0 Å². The van der Waals surface area contributed by atoms with Crippen molar-refractivity contribution in [3.05, 3.63) is 55.2 Å². The summed E-state index contributed by atoms with van der Waals surface area (Å²) in [6.45, 7) is 9.69. The van der Waals surface area contributed by atoms with Crippen molar-refractivity contribution in [2.45, 2.75) is 40.2 Å². The number of benzene rings is 1. The first kappa shape index (κ1) is 15.7. The van der Waals surface area contributed by atoms with E-state index in [1.54, 1.807) is 0 Å². The van der Waals surface area contributed by atoms with Crippen molar-refractivity contribution < 1.29 is 0 Å². The van der Waals surface area contributed by atoms with Crippen LogP contribution in [-0.2, 0) is 6.42 Å². The molecule has 0 aliphatic heterocycles. The molecule has 0 aliphatic rings. The lowest BCUT2D eigenvalue weighted by atomic mass is 9.98. The second-order valence-corrected chi connectivity index (χ2v) is 7.75. The lowest BCUT2D eigenvalue weighted by Gasteiger charge is -2.18. The summed E-state index contributed by atoms with van der Waals surface area (Å²) in [6, 6.07) is 9.43. The van der Waals surface area contributed by atoms with Crippen LogP contribution in [0, 0.1) is 20.8 Å². The van der Waals surface area contributed by atoms with Crippen LogP contribution in [0.1, 0.15) is 40.1 Å². The molecule has 3 heteroatoms. The minimum atomic E-state index is 0.399. The van der Waals surface area contributed by atoms with E-state index in [9.17, 15) is 0 Å². The summed E-state index contributed by atoms with van der Waals surface area (Å²) in [5.41, 5.74) is 5.49. The minimum Gasteiger partial charge on any atom is -0.309 e. The van der Waals surface area contributed by atoms with Gasteiger partial charge in [0, 0.05) is 10.9 Å². The van der Waals surface area contributed by atoms with Crippen molar-refractivity contribution in [3.8, 4) is 0 Å². The van der Waals surface area contributed by atoms with E-state index in [2.05, 4.69) is 73.2 Å². The molecule has 0 bridgehead atoms. The summed E-state index contributed by atoms with van der Waals surface area (Å²) in [7, 11) is 0. The van der Waals surface area contributed by atoms with E-state index in [4.69, 9.17) is 0 Å². The SMILES string of the molecule is CCNC(Cc1cc(C)ccc1C)c1cc(C)c(Br)s1. The molecule has 1 atom stereocenters. The average Bonchev–Trinajstić information content (AvgIpc) is 2.73. The van der Waals surface area contributed by atoms with E-state index < -0.39 is 0 Å². The molecular formula is C17H22BrNS. The largest absolute Gasteiger partial charge is 0.309 e. The second-order valence-electron chi connectivity index (χ2n) is 5.35. The number of hydrogen-bond acceptors (Lipinski definition) is 2. The Morgan fingerprint density at radius 3 is 2.50 bits per heavy atom. The van der Waals surface area contributed by atoms with Crippen molar-refractivity contribution in [3.63, 3.8) is 0 Å². The van der Waals surface area contributed by atoms with Gasteiger partial charge in [0.05, 0.1) is 3.79 Å². The van der Waals surface area contributed by atoms with Crippen molar-refractivity contribution in [2.24, 2.45) is 0 Å². The van der Waals surface area contributed by atoms with Gasteiger partial charge in [-0.1, -0.05) is 30.7 Å². The number of hydrogen-bond donors (Lipinski definition) is 1. The number of aryl methyl sites for hydroxylation is 3.